The number of unbranched alkanes of at least 4 members (excludes halogenated alkanes) is 2. The lowest BCUT2D eigenvalue weighted by Crippen LogP contribution is -2.30. The molecule has 0 spiro atoms. The maximum absolute atomic E-state index is 15.3. The fraction of sp³-hybridized carbons (Fsp3) is 0.450. The van der Waals surface area contributed by atoms with Crippen molar-refractivity contribution in [1.29, 1.82) is 0 Å². The summed E-state index contributed by atoms with van der Waals surface area (Å²) in [5.41, 5.74) is 4.56. The Morgan fingerprint density at radius 2 is 1.65 bits per heavy atom. The summed E-state index contributed by atoms with van der Waals surface area (Å²) in [6.07, 6.45) is 4.44. The highest BCUT2D eigenvalue weighted by Crippen LogP contribution is 2.33. The minimum atomic E-state index is -1.000. The number of hydrogen-bond donors (Lipinski definition) is 1. The lowest BCUT2D eigenvalue weighted by Gasteiger charge is -2.30. The van der Waals surface area contributed by atoms with E-state index in [9.17, 15) is 14.7 Å². The van der Waals surface area contributed by atoms with E-state index in [0.29, 0.717) is 30.8 Å². The van der Waals surface area contributed by atoms with E-state index in [0.717, 1.165) is 35.1 Å². The van der Waals surface area contributed by atoms with Crippen molar-refractivity contribution in [1.82, 2.24) is 0 Å². The van der Waals surface area contributed by atoms with Crippen molar-refractivity contribution in [2.45, 2.75) is 77.9 Å². The van der Waals surface area contributed by atoms with Gasteiger partial charge in [-0.3, -0.25) is 4.79 Å². The van der Waals surface area contributed by atoms with E-state index in [-0.39, 0.29) is 37.5 Å². The third kappa shape index (κ3) is 10.1. The Balaban J connectivity index is 1.34. The Labute approximate surface area is 284 Å². The number of rotatable bonds is 16. The molecule has 0 amide bonds. The summed E-state index contributed by atoms with van der Waals surface area (Å²) < 4.78 is 38.3. The van der Waals surface area contributed by atoms with Gasteiger partial charge < -0.3 is 24.1 Å². The minimum Gasteiger partial charge on any atom is -0.465 e. The Morgan fingerprint density at radius 1 is 0.979 bits per heavy atom. The van der Waals surface area contributed by atoms with Crippen molar-refractivity contribution in [2.24, 2.45) is 5.41 Å². The van der Waals surface area contributed by atoms with Crippen LogP contribution in [-0.4, -0.2) is 50.1 Å². The molecule has 3 aromatic rings. The highest BCUT2D eigenvalue weighted by Gasteiger charge is 2.29. The van der Waals surface area contributed by atoms with Crippen LogP contribution in [0, 0.1) is 11.2 Å². The summed E-state index contributed by atoms with van der Waals surface area (Å²) in [4.78, 5) is 24.4. The summed E-state index contributed by atoms with van der Waals surface area (Å²) in [6, 6.07) is 21.2. The molecule has 0 aromatic heterocycles. The van der Waals surface area contributed by atoms with Gasteiger partial charge in [0.15, 0.2) is 6.29 Å². The van der Waals surface area contributed by atoms with E-state index in [1.54, 1.807) is 26.8 Å². The van der Waals surface area contributed by atoms with Crippen LogP contribution in [0.2, 0.25) is 0 Å². The first-order valence-electron chi connectivity index (χ1n) is 16.8. The number of aliphatic hydroxyl groups is 1. The quantitative estimate of drug-likeness (QED) is 0.0941. The normalized spacial score (nSPS) is 17.0. The second-order valence-corrected chi connectivity index (χ2v) is 13.3. The van der Waals surface area contributed by atoms with E-state index in [1.807, 2.05) is 48.5 Å². The van der Waals surface area contributed by atoms with Crippen LogP contribution >= 0.6 is 0 Å². The molecule has 1 N–H and O–H groups in total. The van der Waals surface area contributed by atoms with Crippen LogP contribution in [0.4, 0.5) is 4.39 Å². The highest BCUT2D eigenvalue weighted by molar-refractivity contribution is 5.86. The van der Waals surface area contributed by atoms with Crippen molar-refractivity contribution < 1.29 is 38.0 Å². The molecule has 1 aliphatic rings. The zero-order valence-electron chi connectivity index (χ0n) is 28.6. The minimum absolute atomic E-state index is 0.0871. The Bertz CT molecular complexity index is 1510. The number of aryl methyl sites for hydroxylation is 1. The van der Waals surface area contributed by atoms with Gasteiger partial charge in [-0.25, -0.2) is 9.18 Å². The first kappa shape index (κ1) is 37.0. The summed E-state index contributed by atoms with van der Waals surface area (Å²) in [5.74, 6) is -1.60. The molecule has 258 valence electrons. The van der Waals surface area contributed by atoms with Gasteiger partial charge >= 0.3 is 11.9 Å². The van der Waals surface area contributed by atoms with Gasteiger partial charge in [-0.15, -0.1) is 0 Å². The number of hydrogen-bond acceptors (Lipinski definition) is 7. The van der Waals surface area contributed by atoms with Gasteiger partial charge in [0.25, 0.3) is 0 Å². The zero-order chi connectivity index (χ0) is 34.7. The van der Waals surface area contributed by atoms with Crippen molar-refractivity contribution in [2.75, 3.05) is 33.0 Å². The summed E-state index contributed by atoms with van der Waals surface area (Å²) in [6.45, 7) is 11.3. The molecule has 1 saturated heterocycles. The van der Waals surface area contributed by atoms with Gasteiger partial charge in [0.1, 0.15) is 5.82 Å². The van der Waals surface area contributed by atoms with Crippen LogP contribution in [0.1, 0.15) is 93.8 Å². The van der Waals surface area contributed by atoms with Gasteiger partial charge in [0, 0.05) is 28.5 Å². The predicted molar refractivity (Wildman–Crippen MR) is 184 cm³/mol. The molecule has 0 aliphatic carbocycles. The SMILES string of the molecule is C=C(C)C(=O)OCC(CCOC(=O)C(C)(C)CO)c1ccc(C2OCC(c3ccc(-c4ccc(CCCCC)cc4)c(F)c3)CO2)cc1. The second-order valence-electron chi connectivity index (χ2n) is 13.3. The lowest BCUT2D eigenvalue weighted by atomic mass is 9.94. The first-order valence-corrected chi connectivity index (χ1v) is 16.8. The summed E-state index contributed by atoms with van der Waals surface area (Å²) in [5, 5.41) is 9.44. The Kier molecular flexibility index (Phi) is 13.5. The van der Waals surface area contributed by atoms with Crippen molar-refractivity contribution in [3.8, 4) is 11.1 Å². The van der Waals surface area contributed by atoms with Crippen LogP contribution in [-0.2, 0) is 35.0 Å². The van der Waals surface area contributed by atoms with Crippen molar-refractivity contribution >= 4 is 11.9 Å². The first-order chi connectivity index (χ1) is 23.0. The third-order valence-electron chi connectivity index (χ3n) is 8.79. The van der Waals surface area contributed by atoms with E-state index < -0.39 is 23.6 Å². The standard InChI is InChI=1S/C40H49FO7/c1-6-7-8-9-28-10-12-30(13-11-28)35-19-18-32(22-36(35)41)34-24-47-38(48-25-34)31-16-14-29(15-17-31)33(23-46-37(43)27(2)3)20-21-45-39(44)40(4,5)26-42/h10-19,22,33-34,38,42H,2,6-9,20-21,23-26H2,1,3-5H3. The molecule has 7 nitrogen and oxygen atoms in total. The molecule has 1 heterocycles. The fourth-order valence-electron chi connectivity index (χ4n) is 5.46. The maximum atomic E-state index is 15.3. The van der Waals surface area contributed by atoms with E-state index in [1.165, 1.54) is 18.4 Å². The Hall–Kier alpha value is -3.85. The molecular formula is C40H49FO7. The number of ether oxygens (including phenoxy) is 4. The molecule has 48 heavy (non-hydrogen) atoms. The average Bonchev–Trinajstić information content (AvgIpc) is 3.10. The molecule has 0 bridgehead atoms. The van der Waals surface area contributed by atoms with Crippen LogP contribution in [0.5, 0.6) is 0 Å². The fourth-order valence-corrected chi connectivity index (χ4v) is 5.46. The molecule has 1 fully saturated rings. The molecular weight excluding hydrogens is 611 g/mol. The van der Waals surface area contributed by atoms with E-state index in [4.69, 9.17) is 18.9 Å². The molecule has 0 saturated carbocycles. The van der Waals surface area contributed by atoms with Gasteiger partial charge in [-0.1, -0.05) is 87.0 Å². The van der Waals surface area contributed by atoms with Crippen LogP contribution in [0.3, 0.4) is 0 Å². The monoisotopic (exact) mass is 660 g/mol. The third-order valence-corrected chi connectivity index (χ3v) is 8.79. The maximum Gasteiger partial charge on any atom is 0.333 e. The van der Waals surface area contributed by atoms with E-state index >= 15 is 4.39 Å². The molecule has 1 aliphatic heterocycles. The molecule has 4 rings (SSSR count). The molecule has 1 unspecified atom stereocenters. The van der Waals surface area contributed by atoms with Gasteiger partial charge in [-0.05, 0) is 68.4 Å². The number of carbonyl (C=O) groups is 2. The van der Waals surface area contributed by atoms with Gasteiger partial charge in [0.2, 0.25) is 0 Å². The van der Waals surface area contributed by atoms with Crippen LogP contribution in [0.15, 0.2) is 78.9 Å². The number of carbonyl (C=O) groups excluding carboxylic acids is 2. The van der Waals surface area contributed by atoms with Crippen LogP contribution in [0.25, 0.3) is 11.1 Å². The van der Waals surface area contributed by atoms with Gasteiger partial charge in [0.05, 0.1) is 38.4 Å². The average molecular weight is 661 g/mol. The lowest BCUT2D eigenvalue weighted by molar-refractivity contribution is -0.191. The largest absolute Gasteiger partial charge is 0.465 e. The van der Waals surface area contributed by atoms with Crippen molar-refractivity contribution in [3.05, 3.63) is 107 Å². The zero-order valence-corrected chi connectivity index (χ0v) is 28.6. The molecule has 1 atom stereocenters. The second kappa shape index (κ2) is 17.5. The number of benzene rings is 3. The highest BCUT2D eigenvalue weighted by atomic mass is 19.1. The number of aliphatic hydroxyl groups excluding tert-OH is 1. The topological polar surface area (TPSA) is 91.3 Å². The Morgan fingerprint density at radius 3 is 2.25 bits per heavy atom. The number of halogens is 1. The smallest absolute Gasteiger partial charge is 0.333 e. The van der Waals surface area contributed by atoms with Crippen LogP contribution < -0.4 is 0 Å². The summed E-state index contributed by atoms with van der Waals surface area (Å²) in [7, 11) is 0. The molecule has 8 heteroatoms. The summed E-state index contributed by atoms with van der Waals surface area (Å²) >= 11 is 0. The molecule has 0 radical (unpaired) electrons. The van der Waals surface area contributed by atoms with E-state index in [2.05, 4.69) is 25.6 Å². The van der Waals surface area contributed by atoms with Crippen molar-refractivity contribution in [3.63, 3.8) is 0 Å². The molecule has 3 aromatic carbocycles. The number of esters is 2. The van der Waals surface area contributed by atoms with Gasteiger partial charge in [-0.2, -0.15) is 0 Å². The predicted octanol–water partition coefficient (Wildman–Crippen LogP) is 8.21.